The molecule has 1 N–H and O–H groups in total. The number of urea groups is 1. The molecule has 0 bridgehead atoms. The number of piperazine rings is 1. The molecular formula is C20H20N4O3. The number of nitriles is 1. The van der Waals surface area contributed by atoms with Crippen molar-refractivity contribution in [2.24, 2.45) is 0 Å². The molecule has 0 unspecified atom stereocenters. The molecule has 7 heteroatoms. The number of methoxy groups -OCH3 is 1. The summed E-state index contributed by atoms with van der Waals surface area (Å²) >= 11 is 0. The average Bonchev–Trinajstić information content (AvgIpc) is 2.73. The van der Waals surface area contributed by atoms with Gasteiger partial charge in [-0.15, -0.1) is 0 Å². The van der Waals surface area contributed by atoms with Crippen LogP contribution in [-0.2, 0) is 4.74 Å². The molecule has 0 radical (unpaired) electrons. The van der Waals surface area contributed by atoms with Crippen molar-refractivity contribution in [2.75, 3.05) is 43.5 Å². The van der Waals surface area contributed by atoms with E-state index < -0.39 is 5.97 Å². The van der Waals surface area contributed by atoms with Crippen LogP contribution >= 0.6 is 0 Å². The van der Waals surface area contributed by atoms with E-state index in [0.717, 1.165) is 5.69 Å². The van der Waals surface area contributed by atoms with Gasteiger partial charge in [0.15, 0.2) is 0 Å². The molecule has 3 rings (SSSR count). The highest BCUT2D eigenvalue weighted by Gasteiger charge is 2.21. The topological polar surface area (TPSA) is 85.7 Å². The lowest BCUT2D eigenvalue weighted by Crippen LogP contribution is -2.50. The van der Waals surface area contributed by atoms with Gasteiger partial charge in [-0.2, -0.15) is 5.26 Å². The van der Waals surface area contributed by atoms with Gasteiger partial charge < -0.3 is 19.9 Å². The van der Waals surface area contributed by atoms with E-state index in [2.05, 4.69) is 16.3 Å². The van der Waals surface area contributed by atoms with Crippen LogP contribution in [0.25, 0.3) is 0 Å². The van der Waals surface area contributed by atoms with Crippen LogP contribution in [0.2, 0.25) is 0 Å². The standard InChI is InChI=1S/C20H20N4O3/c1-27-19(25)16-5-3-6-17(13-16)22-20(26)24-10-8-23(9-11-24)18-7-2-4-15(12-18)14-21/h2-7,12-13H,8-11H2,1H3,(H,22,26). The largest absolute Gasteiger partial charge is 0.465 e. The third-order valence-corrected chi connectivity index (χ3v) is 4.44. The summed E-state index contributed by atoms with van der Waals surface area (Å²) in [6.07, 6.45) is 0. The van der Waals surface area contributed by atoms with E-state index >= 15 is 0 Å². The molecule has 1 saturated heterocycles. The van der Waals surface area contributed by atoms with Crippen molar-refractivity contribution >= 4 is 23.4 Å². The van der Waals surface area contributed by atoms with E-state index in [9.17, 15) is 9.59 Å². The number of ether oxygens (including phenoxy) is 1. The smallest absolute Gasteiger partial charge is 0.337 e. The van der Waals surface area contributed by atoms with E-state index in [1.165, 1.54) is 7.11 Å². The average molecular weight is 364 g/mol. The summed E-state index contributed by atoms with van der Waals surface area (Å²) in [4.78, 5) is 28.0. The van der Waals surface area contributed by atoms with Crippen LogP contribution in [0.15, 0.2) is 48.5 Å². The van der Waals surface area contributed by atoms with E-state index in [4.69, 9.17) is 10.00 Å². The second-order valence-electron chi connectivity index (χ2n) is 6.14. The SMILES string of the molecule is COC(=O)c1cccc(NC(=O)N2CCN(c3cccc(C#N)c3)CC2)c1. The fourth-order valence-corrected chi connectivity index (χ4v) is 2.98. The maximum Gasteiger partial charge on any atom is 0.337 e. The number of anilines is 2. The first-order chi connectivity index (χ1) is 13.1. The van der Waals surface area contributed by atoms with Gasteiger partial charge >= 0.3 is 12.0 Å². The van der Waals surface area contributed by atoms with Gasteiger partial charge in [0.1, 0.15) is 0 Å². The van der Waals surface area contributed by atoms with E-state index in [0.29, 0.717) is 43.0 Å². The molecule has 1 fully saturated rings. The lowest BCUT2D eigenvalue weighted by molar-refractivity contribution is 0.0600. The van der Waals surface area contributed by atoms with E-state index in [1.807, 2.05) is 18.2 Å². The number of nitrogens with one attached hydrogen (secondary N) is 1. The molecule has 1 aliphatic rings. The van der Waals surface area contributed by atoms with Gasteiger partial charge in [-0.05, 0) is 36.4 Å². The van der Waals surface area contributed by atoms with Gasteiger partial charge in [0.2, 0.25) is 0 Å². The fourth-order valence-electron chi connectivity index (χ4n) is 2.98. The lowest BCUT2D eigenvalue weighted by atomic mass is 10.2. The first-order valence-corrected chi connectivity index (χ1v) is 8.60. The number of benzene rings is 2. The van der Waals surface area contributed by atoms with Gasteiger partial charge in [0.05, 0.1) is 24.3 Å². The predicted molar refractivity (Wildman–Crippen MR) is 102 cm³/mol. The summed E-state index contributed by atoms with van der Waals surface area (Å²) in [5.74, 6) is -0.445. The Morgan fingerprint density at radius 3 is 2.52 bits per heavy atom. The van der Waals surface area contributed by atoms with Crippen LogP contribution in [-0.4, -0.2) is 50.2 Å². The molecule has 1 aliphatic heterocycles. The zero-order valence-electron chi connectivity index (χ0n) is 15.0. The predicted octanol–water partition coefficient (Wildman–Crippen LogP) is 2.70. The minimum absolute atomic E-state index is 0.206. The molecule has 2 amide bonds. The molecule has 0 aliphatic carbocycles. The monoisotopic (exact) mass is 364 g/mol. The number of rotatable bonds is 3. The second-order valence-corrected chi connectivity index (χ2v) is 6.14. The molecule has 0 aromatic heterocycles. The van der Waals surface area contributed by atoms with Gasteiger partial charge in [-0.3, -0.25) is 0 Å². The first-order valence-electron chi connectivity index (χ1n) is 8.60. The fraction of sp³-hybridized carbons (Fsp3) is 0.250. The maximum absolute atomic E-state index is 12.5. The van der Waals surface area contributed by atoms with Crippen LogP contribution in [0.4, 0.5) is 16.2 Å². The Bertz CT molecular complexity index is 883. The van der Waals surface area contributed by atoms with Crippen LogP contribution in [0.5, 0.6) is 0 Å². The Balaban J connectivity index is 1.59. The molecule has 2 aromatic rings. The Morgan fingerprint density at radius 2 is 1.81 bits per heavy atom. The maximum atomic E-state index is 12.5. The van der Waals surface area contributed by atoms with Crippen LogP contribution in [0, 0.1) is 11.3 Å². The van der Waals surface area contributed by atoms with Crippen molar-refractivity contribution < 1.29 is 14.3 Å². The van der Waals surface area contributed by atoms with Crippen molar-refractivity contribution in [3.05, 3.63) is 59.7 Å². The van der Waals surface area contributed by atoms with Gasteiger partial charge in [-0.1, -0.05) is 12.1 Å². The second kappa shape index (κ2) is 8.23. The number of amides is 2. The van der Waals surface area contributed by atoms with E-state index in [-0.39, 0.29) is 6.03 Å². The molecule has 0 spiro atoms. The third-order valence-electron chi connectivity index (χ3n) is 4.44. The Labute approximate surface area is 157 Å². The summed E-state index contributed by atoms with van der Waals surface area (Å²) in [6.45, 7) is 2.51. The van der Waals surface area contributed by atoms with Crippen molar-refractivity contribution in [3.63, 3.8) is 0 Å². The Kier molecular flexibility index (Phi) is 5.57. The van der Waals surface area contributed by atoms with Gasteiger partial charge in [0.25, 0.3) is 0 Å². The molecule has 0 atom stereocenters. The molecule has 27 heavy (non-hydrogen) atoms. The number of nitrogens with zero attached hydrogens (tertiary/aromatic N) is 3. The highest BCUT2D eigenvalue weighted by Crippen LogP contribution is 2.19. The summed E-state index contributed by atoms with van der Waals surface area (Å²) in [6, 6.07) is 16.0. The van der Waals surface area contributed by atoms with E-state index in [1.54, 1.807) is 35.2 Å². The van der Waals surface area contributed by atoms with Crippen LogP contribution in [0.1, 0.15) is 15.9 Å². The normalized spacial score (nSPS) is 13.6. The summed E-state index contributed by atoms with van der Waals surface area (Å²) in [7, 11) is 1.32. The molecule has 7 nitrogen and oxygen atoms in total. The Morgan fingerprint density at radius 1 is 1.07 bits per heavy atom. The first kappa shape index (κ1) is 18.3. The van der Waals surface area contributed by atoms with Crippen molar-refractivity contribution in [2.45, 2.75) is 0 Å². The highest BCUT2D eigenvalue weighted by atomic mass is 16.5. The molecule has 138 valence electrons. The molecular weight excluding hydrogens is 344 g/mol. The van der Waals surface area contributed by atoms with Crippen LogP contribution in [0.3, 0.4) is 0 Å². The minimum atomic E-state index is -0.445. The Hall–Kier alpha value is -3.53. The van der Waals surface area contributed by atoms with Crippen molar-refractivity contribution in [1.29, 1.82) is 5.26 Å². The number of carbonyl (C=O) groups excluding carboxylic acids is 2. The lowest BCUT2D eigenvalue weighted by Gasteiger charge is -2.36. The van der Waals surface area contributed by atoms with Crippen LogP contribution < -0.4 is 10.2 Å². The minimum Gasteiger partial charge on any atom is -0.465 e. The number of hydrogen-bond donors (Lipinski definition) is 1. The summed E-state index contributed by atoms with van der Waals surface area (Å²) in [5, 5.41) is 11.8. The molecule has 1 heterocycles. The number of carbonyl (C=O) groups is 2. The number of hydrogen-bond acceptors (Lipinski definition) is 5. The highest BCUT2D eigenvalue weighted by molar-refractivity contribution is 5.94. The molecule has 2 aromatic carbocycles. The number of esters is 1. The zero-order valence-corrected chi connectivity index (χ0v) is 15.0. The molecule has 0 saturated carbocycles. The third kappa shape index (κ3) is 4.36. The zero-order chi connectivity index (χ0) is 19.2. The van der Waals surface area contributed by atoms with Gasteiger partial charge in [-0.25, -0.2) is 9.59 Å². The van der Waals surface area contributed by atoms with Crippen molar-refractivity contribution in [3.8, 4) is 6.07 Å². The summed E-state index contributed by atoms with van der Waals surface area (Å²) in [5.41, 5.74) is 2.54. The van der Waals surface area contributed by atoms with Gasteiger partial charge in [0, 0.05) is 37.6 Å². The quantitative estimate of drug-likeness (QED) is 0.847. The summed E-state index contributed by atoms with van der Waals surface area (Å²) < 4.78 is 4.70. The van der Waals surface area contributed by atoms with Crippen molar-refractivity contribution in [1.82, 2.24) is 4.90 Å².